The molecule has 0 spiro atoms. The van der Waals surface area contributed by atoms with E-state index >= 15 is 0 Å². The molecule has 0 saturated heterocycles. The molecule has 3 aromatic rings. The van der Waals surface area contributed by atoms with Crippen molar-refractivity contribution < 1.29 is 29.0 Å². The molecule has 1 saturated carbocycles. The zero-order valence-electron chi connectivity index (χ0n) is 32.2. The van der Waals surface area contributed by atoms with Crippen molar-refractivity contribution in [3.63, 3.8) is 0 Å². The zero-order chi connectivity index (χ0) is 39.5. The predicted octanol–water partition coefficient (Wildman–Crippen LogP) is 5.15. The van der Waals surface area contributed by atoms with Gasteiger partial charge >= 0.3 is 6.09 Å². The van der Waals surface area contributed by atoms with Crippen LogP contribution in [0, 0.1) is 11.8 Å². The van der Waals surface area contributed by atoms with Gasteiger partial charge in [0.15, 0.2) is 10.9 Å². The summed E-state index contributed by atoms with van der Waals surface area (Å²) < 4.78 is 5.76. The van der Waals surface area contributed by atoms with Crippen LogP contribution >= 0.6 is 11.3 Å². The number of aromatic amines is 1. The fourth-order valence-corrected chi connectivity index (χ4v) is 7.47. The molecule has 0 unspecified atom stereocenters. The number of nitrogens with two attached hydrogens (primary N) is 2. The van der Waals surface area contributed by atoms with Crippen molar-refractivity contribution in [2.75, 3.05) is 5.73 Å². The summed E-state index contributed by atoms with van der Waals surface area (Å²) >= 11 is 1.25. The number of anilines is 1. The molecule has 15 heteroatoms. The van der Waals surface area contributed by atoms with Gasteiger partial charge in [-0.05, 0) is 63.9 Å². The number of nitrogens with one attached hydrogen (secondary N) is 3. The van der Waals surface area contributed by atoms with Gasteiger partial charge in [-0.15, -0.1) is 11.3 Å². The van der Waals surface area contributed by atoms with Gasteiger partial charge in [0.1, 0.15) is 11.6 Å². The smallest absolute Gasteiger partial charge is 0.419 e. The zero-order valence-corrected chi connectivity index (χ0v) is 33.0. The van der Waals surface area contributed by atoms with Gasteiger partial charge in [0.05, 0.1) is 36.2 Å². The Morgan fingerprint density at radius 2 is 1.78 bits per heavy atom. The molecule has 4 rings (SSSR count). The average Bonchev–Trinajstić information content (AvgIpc) is 3.78. The second-order valence-corrected chi connectivity index (χ2v) is 16.7. The number of H-pyrrole nitrogens is 1. The number of rotatable bonds is 17. The number of ether oxygens (including phenoxy) is 1. The predicted molar refractivity (Wildman–Crippen MR) is 208 cm³/mol. The van der Waals surface area contributed by atoms with Crippen LogP contribution < -0.4 is 22.1 Å². The van der Waals surface area contributed by atoms with Crippen molar-refractivity contribution in [1.82, 2.24) is 30.5 Å². The summed E-state index contributed by atoms with van der Waals surface area (Å²) in [5.74, 6) is -1.80. The Hall–Kier alpha value is -4.34. The number of thiazole rings is 1. The molecule has 1 aromatic carbocycles. The molecule has 2 aromatic heterocycles. The Labute approximate surface area is 322 Å². The molecule has 2 heterocycles. The first-order valence-corrected chi connectivity index (χ1v) is 19.8. The summed E-state index contributed by atoms with van der Waals surface area (Å²) in [6.45, 7) is 8.95. The molecule has 296 valence electrons. The summed E-state index contributed by atoms with van der Waals surface area (Å²) in [6.07, 6.45) is 7.20. The van der Waals surface area contributed by atoms with Crippen molar-refractivity contribution in [3.05, 3.63) is 65.2 Å². The van der Waals surface area contributed by atoms with Gasteiger partial charge in [-0.1, -0.05) is 76.3 Å². The van der Waals surface area contributed by atoms with Crippen molar-refractivity contribution in [2.24, 2.45) is 17.6 Å². The molecule has 14 nitrogen and oxygen atoms in total. The fourth-order valence-electron chi connectivity index (χ4n) is 6.86. The summed E-state index contributed by atoms with van der Waals surface area (Å²) in [5, 5.41) is 20.6. The van der Waals surface area contributed by atoms with Crippen molar-refractivity contribution >= 4 is 40.3 Å². The van der Waals surface area contributed by atoms with Gasteiger partial charge < -0.3 is 36.9 Å². The molecule has 1 fully saturated rings. The topological polar surface area (TPSA) is 219 Å². The number of imidazole rings is 1. The summed E-state index contributed by atoms with van der Waals surface area (Å²) in [6, 6.07) is 6.24. The minimum Gasteiger partial charge on any atom is -0.443 e. The highest BCUT2D eigenvalue weighted by Crippen LogP contribution is 2.34. The third-order valence-electron chi connectivity index (χ3n) is 9.49. The molecule has 8 N–H and O–H groups in total. The molecule has 1 aliphatic carbocycles. The minimum absolute atomic E-state index is 0.0921. The molecule has 0 aliphatic heterocycles. The number of hydrogen-bond acceptors (Lipinski definition) is 11. The van der Waals surface area contributed by atoms with Crippen LogP contribution in [0.25, 0.3) is 0 Å². The standard InChI is InChI=1S/C39H58N8O6S/c1-25(2)18-30(32-23-54-36(41)46-32)44-33(48)21-39(52,17-16-26-12-8-6-9-13-26)47(37(51)53-38(3,4)5)35(50)31(20-28-22-42-24-43-28)45-34(49)29(40)19-27-14-10-7-11-15-27/h7,10-11,14-15,22-26,29-31,52H,6,8-9,12-13,16-21,40H2,1-5H3,(H2,41,46)(H,42,43)(H,44,48)(H,45,49)/t29-,30-,31-,39-/m0/s1. The third-order valence-corrected chi connectivity index (χ3v) is 10.2. The molecule has 0 radical (unpaired) electrons. The molecule has 4 atom stereocenters. The first kappa shape index (κ1) is 42.4. The monoisotopic (exact) mass is 766 g/mol. The number of nitrogens with zero attached hydrogens (tertiary/aromatic N) is 3. The quantitative estimate of drug-likeness (QED) is 0.0993. The maximum Gasteiger partial charge on any atom is 0.419 e. The lowest BCUT2D eigenvalue weighted by Gasteiger charge is -2.41. The van der Waals surface area contributed by atoms with Crippen molar-refractivity contribution in [2.45, 2.75) is 135 Å². The van der Waals surface area contributed by atoms with E-state index < -0.39 is 59.7 Å². The Balaban J connectivity index is 1.72. The van der Waals surface area contributed by atoms with Crippen LogP contribution in [-0.4, -0.2) is 72.2 Å². The third kappa shape index (κ3) is 12.9. The van der Waals surface area contributed by atoms with E-state index in [0.717, 1.165) is 37.7 Å². The Morgan fingerprint density at radius 1 is 1.07 bits per heavy atom. The lowest BCUT2D eigenvalue weighted by atomic mass is 9.83. The molecular weight excluding hydrogens is 709 g/mol. The summed E-state index contributed by atoms with van der Waals surface area (Å²) in [5.41, 5.74) is 10.7. The normalized spacial score (nSPS) is 16.5. The van der Waals surface area contributed by atoms with E-state index in [1.54, 1.807) is 32.3 Å². The second-order valence-electron chi connectivity index (χ2n) is 15.8. The van der Waals surface area contributed by atoms with Crippen LogP contribution in [0.15, 0.2) is 48.2 Å². The molecule has 4 amide bonds. The first-order valence-electron chi connectivity index (χ1n) is 18.9. The van der Waals surface area contributed by atoms with Crippen LogP contribution in [0.2, 0.25) is 0 Å². The lowest BCUT2D eigenvalue weighted by Crippen LogP contribution is -2.63. The van der Waals surface area contributed by atoms with Gasteiger partial charge in [-0.25, -0.2) is 19.7 Å². The number of amides is 4. The van der Waals surface area contributed by atoms with E-state index in [-0.39, 0.29) is 31.1 Å². The highest BCUT2D eigenvalue weighted by Gasteiger charge is 2.48. The van der Waals surface area contributed by atoms with Crippen LogP contribution in [0.1, 0.15) is 115 Å². The Morgan fingerprint density at radius 3 is 2.37 bits per heavy atom. The van der Waals surface area contributed by atoms with Gasteiger partial charge in [0.25, 0.3) is 5.91 Å². The number of benzene rings is 1. The van der Waals surface area contributed by atoms with E-state index in [2.05, 4.69) is 25.6 Å². The lowest BCUT2D eigenvalue weighted by molar-refractivity contribution is -0.166. The Kier molecular flexibility index (Phi) is 15.2. The van der Waals surface area contributed by atoms with E-state index in [9.17, 15) is 24.3 Å². The number of carbonyl (C=O) groups is 4. The first-order chi connectivity index (χ1) is 25.5. The summed E-state index contributed by atoms with van der Waals surface area (Å²) in [7, 11) is 0. The molecular formula is C39H58N8O6S. The summed E-state index contributed by atoms with van der Waals surface area (Å²) in [4.78, 5) is 69.0. The number of aliphatic hydroxyl groups is 1. The minimum atomic E-state index is -2.34. The van der Waals surface area contributed by atoms with Crippen LogP contribution in [0.4, 0.5) is 9.93 Å². The SMILES string of the molecule is CC(C)C[C@H](NC(=O)C[C@@](O)(CCC1CCCCC1)N(C(=O)OC(C)(C)C)C(=O)[C@H](Cc1c[nH]cn1)NC(=O)[C@@H](N)Cc1ccccc1)c1csc(N)n1. The number of carbonyl (C=O) groups excluding carboxylic acids is 4. The van der Waals surface area contributed by atoms with Gasteiger partial charge in [-0.2, -0.15) is 0 Å². The van der Waals surface area contributed by atoms with Crippen molar-refractivity contribution in [3.8, 4) is 0 Å². The van der Waals surface area contributed by atoms with Crippen LogP contribution in [0.3, 0.4) is 0 Å². The van der Waals surface area contributed by atoms with E-state index in [1.807, 2.05) is 44.2 Å². The number of nitrogen functional groups attached to an aromatic ring is 1. The maximum atomic E-state index is 14.9. The average molecular weight is 767 g/mol. The van der Waals surface area contributed by atoms with Crippen molar-refractivity contribution in [1.29, 1.82) is 0 Å². The van der Waals surface area contributed by atoms with Gasteiger partial charge in [-0.3, -0.25) is 14.4 Å². The van der Waals surface area contributed by atoms with Crippen LogP contribution in [-0.2, 0) is 32.0 Å². The highest BCUT2D eigenvalue weighted by atomic mass is 32.1. The number of hydrogen-bond donors (Lipinski definition) is 6. The Bertz CT molecular complexity index is 1650. The van der Waals surface area contributed by atoms with E-state index in [1.165, 1.54) is 17.7 Å². The second kappa shape index (κ2) is 19.3. The number of imide groups is 1. The van der Waals surface area contributed by atoms with Gasteiger partial charge in [0, 0.05) is 18.0 Å². The highest BCUT2D eigenvalue weighted by molar-refractivity contribution is 7.13. The maximum absolute atomic E-state index is 14.9. The molecule has 0 bridgehead atoms. The molecule has 1 aliphatic rings. The molecule has 54 heavy (non-hydrogen) atoms. The number of aromatic nitrogens is 3. The van der Waals surface area contributed by atoms with E-state index in [0.29, 0.717) is 34.3 Å². The fraction of sp³-hybridized carbons (Fsp3) is 0.590. The van der Waals surface area contributed by atoms with Gasteiger partial charge in [0.2, 0.25) is 11.8 Å². The van der Waals surface area contributed by atoms with Crippen LogP contribution in [0.5, 0.6) is 0 Å². The van der Waals surface area contributed by atoms with E-state index in [4.69, 9.17) is 16.2 Å². The largest absolute Gasteiger partial charge is 0.443 e.